The van der Waals surface area contributed by atoms with Gasteiger partial charge in [0.1, 0.15) is 11.8 Å². The second-order valence-corrected chi connectivity index (χ2v) is 4.75. The van der Waals surface area contributed by atoms with Crippen molar-refractivity contribution in [1.82, 2.24) is 4.57 Å². The molecule has 3 aromatic rings. The third-order valence-corrected chi connectivity index (χ3v) is 3.69. The quantitative estimate of drug-likeness (QED) is 0.724. The standard InChI is InChI=1S/C18H15N2O/c1-3-20-17-11-14(21-2)9-10-15(17)16(12-19)18(20)13-7-5-4-6-8-13/h5-11H,3H2,1-2H3. The van der Waals surface area contributed by atoms with Crippen LogP contribution in [0.4, 0.5) is 0 Å². The van der Waals surface area contributed by atoms with Crippen LogP contribution in [0.25, 0.3) is 22.2 Å². The number of rotatable bonds is 3. The van der Waals surface area contributed by atoms with E-state index in [2.05, 4.69) is 23.6 Å². The first kappa shape index (κ1) is 13.3. The summed E-state index contributed by atoms with van der Waals surface area (Å²) < 4.78 is 7.47. The summed E-state index contributed by atoms with van der Waals surface area (Å²) in [5, 5.41) is 10.6. The molecule has 0 aliphatic heterocycles. The van der Waals surface area contributed by atoms with Crippen LogP contribution < -0.4 is 4.74 Å². The van der Waals surface area contributed by atoms with Crippen LogP contribution >= 0.6 is 0 Å². The average molecular weight is 275 g/mol. The molecule has 103 valence electrons. The highest BCUT2D eigenvalue weighted by Crippen LogP contribution is 2.35. The fourth-order valence-electron chi connectivity index (χ4n) is 2.74. The van der Waals surface area contributed by atoms with Crippen LogP contribution in [0, 0.1) is 17.4 Å². The zero-order valence-corrected chi connectivity index (χ0v) is 12.1. The first-order chi connectivity index (χ1) is 10.3. The van der Waals surface area contributed by atoms with Gasteiger partial charge in [0.15, 0.2) is 0 Å². The van der Waals surface area contributed by atoms with Crippen LogP contribution in [0.1, 0.15) is 12.5 Å². The summed E-state index contributed by atoms with van der Waals surface area (Å²) in [4.78, 5) is 0. The Kier molecular flexibility index (Phi) is 3.37. The number of hydrogen-bond donors (Lipinski definition) is 0. The molecule has 1 heterocycles. The van der Waals surface area contributed by atoms with E-state index in [0.29, 0.717) is 5.56 Å². The molecule has 0 unspecified atom stereocenters. The van der Waals surface area contributed by atoms with Gasteiger partial charge in [-0.2, -0.15) is 5.26 Å². The monoisotopic (exact) mass is 275 g/mol. The Morgan fingerprint density at radius 1 is 1.24 bits per heavy atom. The Balaban J connectivity index is 2.41. The lowest BCUT2D eigenvalue weighted by atomic mass is 10.1. The van der Waals surface area contributed by atoms with E-state index in [-0.39, 0.29) is 0 Å². The lowest BCUT2D eigenvalue weighted by molar-refractivity contribution is 0.415. The van der Waals surface area contributed by atoms with Gasteiger partial charge in [-0.3, -0.25) is 0 Å². The normalized spacial score (nSPS) is 10.5. The minimum Gasteiger partial charge on any atom is -0.497 e. The smallest absolute Gasteiger partial charge is 0.120 e. The largest absolute Gasteiger partial charge is 0.497 e. The van der Waals surface area contributed by atoms with Gasteiger partial charge in [-0.15, -0.1) is 0 Å². The molecule has 3 heteroatoms. The molecular formula is C18H15N2O. The maximum Gasteiger partial charge on any atom is 0.120 e. The zero-order valence-electron chi connectivity index (χ0n) is 12.1. The van der Waals surface area contributed by atoms with Crippen molar-refractivity contribution in [2.45, 2.75) is 13.5 Å². The van der Waals surface area contributed by atoms with Gasteiger partial charge in [0.05, 0.1) is 23.9 Å². The zero-order chi connectivity index (χ0) is 14.8. The molecule has 0 amide bonds. The van der Waals surface area contributed by atoms with Gasteiger partial charge in [0, 0.05) is 18.0 Å². The molecule has 0 N–H and O–H groups in total. The molecule has 1 aromatic heterocycles. The number of nitriles is 1. The summed E-state index contributed by atoms with van der Waals surface area (Å²) in [6, 6.07) is 18.9. The Hall–Kier alpha value is -2.73. The number of nitrogens with zero attached hydrogens (tertiary/aromatic N) is 2. The topological polar surface area (TPSA) is 38.0 Å². The van der Waals surface area contributed by atoms with Gasteiger partial charge < -0.3 is 9.30 Å². The number of fused-ring (bicyclic) bond motifs is 1. The van der Waals surface area contributed by atoms with E-state index in [1.807, 2.05) is 42.5 Å². The van der Waals surface area contributed by atoms with Crippen LogP contribution in [0.2, 0.25) is 0 Å². The summed E-state index contributed by atoms with van der Waals surface area (Å²) >= 11 is 0. The Bertz CT molecular complexity index is 826. The predicted molar refractivity (Wildman–Crippen MR) is 83.2 cm³/mol. The SMILES string of the molecule is CCn1c(-c2cc[c]cc2)c(C#N)c2ccc(OC)cc21. The van der Waals surface area contributed by atoms with Crippen molar-refractivity contribution in [3.8, 4) is 23.1 Å². The van der Waals surface area contributed by atoms with Crippen molar-refractivity contribution < 1.29 is 4.74 Å². The molecular weight excluding hydrogens is 260 g/mol. The number of aryl methyl sites for hydroxylation is 1. The fourth-order valence-corrected chi connectivity index (χ4v) is 2.74. The van der Waals surface area contributed by atoms with E-state index in [4.69, 9.17) is 4.74 Å². The van der Waals surface area contributed by atoms with Gasteiger partial charge in [0.2, 0.25) is 0 Å². The Morgan fingerprint density at radius 3 is 2.62 bits per heavy atom. The van der Waals surface area contributed by atoms with E-state index in [1.165, 1.54) is 0 Å². The number of hydrogen-bond acceptors (Lipinski definition) is 2. The molecule has 0 spiro atoms. The van der Waals surface area contributed by atoms with Crippen LogP contribution in [-0.2, 0) is 6.54 Å². The number of aromatic nitrogens is 1. The summed E-state index contributed by atoms with van der Waals surface area (Å²) in [6.07, 6.45) is 0. The summed E-state index contributed by atoms with van der Waals surface area (Å²) in [5.74, 6) is 0.798. The molecule has 3 rings (SSSR count). The Morgan fingerprint density at radius 2 is 2.00 bits per heavy atom. The van der Waals surface area contributed by atoms with E-state index < -0.39 is 0 Å². The second kappa shape index (κ2) is 5.34. The Labute approximate surface area is 124 Å². The molecule has 1 radical (unpaired) electrons. The number of methoxy groups -OCH3 is 1. The first-order valence-corrected chi connectivity index (χ1v) is 6.87. The molecule has 21 heavy (non-hydrogen) atoms. The summed E-state index contributed by atoms with van der Waals surface area (Å²) in [6.45, 7) is 2.87. The van der Waals surface area contributed by atoms with Crippen molar-refractivity contribution in [1.29, 1.82) is 5.26 Å². The van der Waals surface area contributed by atoms with Gasteiger partial charge in [0.25, 0.3) is 0 Å². The van der Waals surface area contributed by atoms with Crippen LogP contribution in [0.15, 0.2) is 42.5 Å². The highest BCUT2D eigenvalue weighted by Gasteiger charge is 2.18. The maximum atomic E-state index is 9.61. The van der Waals surface area contributed by atoms with Gasteiger partial charge >= 0.3 is 0 Å². The van der Waals surface area contributed by atoms with Gasteiger partial charge in [-0.05, 0) is 30.7 Å². The number of ether oxygens (including phenoxy) is 1. The fraction of sp³-hybridized carbons (Fsp3) is 0.167. The van der Waals surface area contributed by atoms with E-state index >= 15 is 0 Å². The lowest BCUT2D eigenvalue weighted by Gasteiger charge is -2.08. The van der Waals surface area contributed by atoms with Crippen molar-refractivity contribution in [2.75, 3.05) is 7.11 Å². The average Bonchev–Trinajstić information content (AvgIpc) is 2.88. The predicted octanol–water partition coefficient (Wildman–Crippen LogP) is 4.01. The molecule has 0 aliphatic carbocycles. The van der Waals surface area contributed by atoms with Gasteiger partial charge in [-0.25, -0.2) is 0 Å². The molecule has 0 fully saturated rings. The molecule has 3 nitrogen and oxygen atoms in total. The van der Waals surface area contributed by atoms with Crippen molar-refractivity contribution in [3.63, 3.8) is 0 Å². The van der Waals surface area contributed by atoms with Crippen molar-refractivity contribution in [3.05, 3.63) is 54.1 Å². The second-order valence-electron chi connectivity index (χ2n) is 4.75. The highest BCUT2D eigenvalue weighted by molar-refractivity contribution is 5.95. The van der Waals surface area contributed by atoms with Crippen LogP contribution in [-0.4, -0.2) is 11.7 Å². The molecule has 0 saturated heterocycles. The maximum absolute atomic E-state index is 9.61. The lowest BCUT2D eigenvalue weighted by Crippen LogP contribution is -1.97. The molecule has 0 saturated carbocycles. The third kappa shape index (κ3) is 2.05. The van der Waals surface area contributed by atoms with E-state index in [1.54, 1.807) is 7.11 Å². The van der Waals surface area contributed by atoms with E-state index in [0.717, 1.165) is 34.5 Å². The first-order valence-electron chi connectivity index (χ1n) is 6.87. The van der Waals surface area contributed by atoms with Crippen molar-refractivity contribution >= 4 is 10.9 Å². The third-order valence-electron chi connectivity index (χ3n) is 3.69. The van der Waals surface area contributed by atoms with E-state index in [9.17, 15) is 5.26 Å². The molecule has 2 aromatic carbocycles. The summed E-state index contributed by atoms with van der Waals surface area (Å²) in [5.41, 5.74) is 3.72. The van der Waals surface area contributed by atoms with Crippen LogP contribution in [0.5, 0.6) is 5.75 Å². The highest BCUT2D eigenvalue weighted by atomic mass is 16.5. The minimum atomic E-state index is 0.709. The van der Waals surface area contributed by atoms with Crippen molar-refractivity contribution in [2.24, 2.45) is 0 Å². The minimum absolute atomic E-state index is 0.709. The van der Waals surface area contributed by atoms with Gasteiger partial charge in [-0.1, -0.05) is 24.3 Å². The molecule has 0 atom stereocenters. The number of benzene rings is 2. The molecule has 0 aliphatic rings. The molecule has 0 bridgehead atoms. The van der Waals surface area contributed by atoms with Crippen LogP contribution in [0.3, 0.4) is 0 Å². The summed E-state index contributed by atoms with van der Waals surface area (Å²) in [7, 11) is 1.65.